The van der Waals surface area contributed by atoms with Crippen molar-refractivity contribution in [3.63, 3.8) is 0 Å². The fourth-order valence-electron chi connectivity index (χ4n) is 2.49. The van der Waals surface area contributed by atoms with Gasteiger partial charge < -0.3 is 4.74 Å². The predicted octanol–water partition coefficient (Wildman–Crippen LogP) is 4.92. The lowest BCUT2D eigenvalue weighted by Crippen LogP contribution is -2.06. The van der Waals surface area contributed by atoms with Gasteiger partial charge in [-0.15, -0.1) is 0 Å². The Labute approximate surface area is 134 Å². The molecule has 0 unspecified atom stereocenters. The van der Waals surface area contributed by atoms with Crippen molar-refractivity contribution in [2.24, 2.45) is 0 Å². The van der Waals surface area contributed by atoms with E-state index in [9.17, 15) is 4.79 Å². The molecular weight excluding hydrogens is 328 g/mol. The van der Waals surface area contributed by atoms with E-state index in [-0.39, 0.29) is 5.78 Å². The van der Waals surface area contributed by atoms with Crippen LogP contribution in [0.2, 0.25) is 0 Å². The van der Waals surface area contributed by atoms with Crippen molar-refractivity contribution in [2.45, 2.75) is 27.7 Å². The molecule has 110 valence electrons. The number of carbonyl (C=O) groups is 1. The number of methoxy groups -OCH3 is 1. The van der Waals surface area contributed by atoms with E-state index in [1.807, 2.05) is 52.0 Å². The lowest BCUT2D eigenvalue weighted by Gasteiger charge is -2.12. The molecule has 0 saturated carbocycles. The summed E-state index contributed by atoms with van der Waals surface area (Å²) in [4.78, 5) is 12.8. The number of ketones is 1. The standard InChI is InChI=1S/C18H19BrO2/c1-10-9-16(21-5)11(2)8-15(10)18(20)14-6-12(3)17(19)13(4)7-14/h6-9H,1-5H3. The van der Waals surface area contributed by atoms with Crippen LogP contribution in [0.25, 0.3) is 0 Å². The van der Waals surface area contributed by atoms with Gasteiger partial charge in [-0.3, -0.25) is 4.79 Å². The zero-order valence-electron chi connectivity index (χ0n) is 13.0. The van der Waals surface area contributed by atoms with Crippen LogP contribution in [0.4, 0.5) is 0 Å². The minimum atomic E-state index is 0.0527. The number of hydrogen-bond acceptors (Lipinski definition) is 2. The number of aryl methyl sites for hydroxylation is 4. The summed E-state index contributed by atoms with van der Waals surface area (Å²) in [6.45, 7) is 7.89. The highest BCUT2D eigenvalue weighted by atomic mass is 79.9. The molecule has 2 nitrogen and oxygen atoms in total. The van der Waals surface area contributed by atoms with Crippen molar-refractivity contribution in [1.82, 2.24) is 0 Å². The van der Waals surface area contributed by atoms with Crippen LogP contribution in [0.1, 0.15) is 38.2 Å². The van der Waals surface area contributed by atoms with Gasteiger partial charge in [0.25, 0.3) is 0 Å². The first kappa shape index (κ1) is 15.8. The van der Waals surface area contributed by atoms with Crippen LogP contribution in [0.15, 0.2) is 28.7 Å². The number of hydrogen-bond donors (Lipinski definition) is 0. The van der Waals surface area contributed by atoms with E-state index >= 15 is 0 Å². The number of rotatable bonds is 3. The highest BCUT2D eigenvalue weighted by Crippen LogP contribution is 2.27. The Morgan fingerprint density at radius 3 is 2.00 bits per heavy atom. The average Bonchev–Trinajstić information content (AvgIpc) is 2.45. The monoisotopic (exact) mass is 346 g/mol. The van der Waals surface area contributed by atoms with E-state index in [0.717, 1.165) is 43.6 Å². The molecule has 0 heterocycles. The van der Waals surface area contributed by atoms with Crippen LogP contribution in [-0.2, 0) is 0 Å². The van der Waals surface area contributed by atoms with Gasteiger partial charge in [-0.1, -0.05) is 15.9 Å². The minimum Gasteiger partial charge on any atom is -0.496 e. The van der Waals surface area contributed by atoms with Gasteiger partial charge in [0.2, 0.25) is 0 Å². The van der Waals surface area contributed by atoms with Crippen LogP contribution in [0, 0.1) is 27.7 Å². The average molecular weight is 347 g/mol. The highest BCUT2D eigenvalue weighted by molar-refractivity contribution is 9.10. The third kappa shape index (κ3) is 3.03. The Balaban J connectivity index is 2.53. The second-order valence-electron chi connectivity index (χ2n) is 5.39. The van der Waals surface area contributed by atoms with E-state index < -0.39 is 0 Å². The van der Waals surface area contributed by atoms with Gasteiger partial charge in [0.1, 0.15) is 5.75 Å². The Kier molecular flexibility index (Phi) is 4.52. The molecule has 0 aliphatic carbocycles. The molecule has 0 radical (unpaired) electrons. The van der Waals surface area contributed by atoms with Crippen LogP contribution >= 0.6 is 15.9 Å². The Bertz CT molecular complexity index is 694. The van der Waals surface area contributed by atoms with Crippen molar-refractivity contribution in [2.75, 3.05) is 7.11 Å². The maximum Gasteiger partial charge on any atom is 0.193 e. The van der Waals surface area contributed by atoms with Gasteiger partial charge in [-0.05, 0) is 74.2 Å². The molecular formula is C18H19BrO2. The number of benzene rings is 2. The van der Waals surface area contributed by atoms with E-state index in [0.29, 0.717) is 0 Å². The summed E-state index contributed by atoms with van der Waals surface area (Å²) in [5.41, 5.74) is 5.50. The smallest absolute Gasteiger partial charge is 0.193 e. The summed E-state index contributed by atoms with van der Waals surface area (Å²) in [5, 5.41) is 0. The second kappa shape index (κ2) is 6.02. The predicted molar refractivity (Wildman–Crippen MR) is 89.5 cm³/mol. The molecule has 0 amide bonds. The van der Waals surface area contributed by atoms with Crippen molar-refractivity contribution < 1.29 is 9.53 Å². The number of ether oxygens (including phenoxy) is 1. The molecule has 3 heteroatoms. The second-order valence-corrected chi connectivity index (χ2v) is 6.18. The molecule has 0 bridgehead atoms. The van der Waals surface area contributed by atoms with Crippen molar-refractivity contribution in [3.8, 4) is 5.75 Å². The molecule has 2 aromatic rings. The van der Waals surface area contributed by atoms with Gasteiger partial charge in [0, 0.05) is 15.6 Å². The first-order chi connectivity index (χ1) is 9.85. The maximum absolute atomic E-state index is 12.8. The maximum atomic E-state index is 12.8. The van der Waals surface area contributed by atoms with Crippen LogP contribution in [0.3, 0.4) is 0 Å². The first-order valence-corrected chi connectivity index (χ1v) is 7.61. The largest absolute Gasteiger partial charge is 0.496 e. The normalized spacial score (nSPS) is 10.6. The van der Waals surface area contributed by atoms with Crippen LogP contribution in [-0.4, -0.2) is 12.9 Å². The van der Waals surface area contributed by atoms with Gasteiger partial charge in [0.05, 0.1) is 7.11 Å². The van der Waals surface area contributed by atoms with E-state index in [2.05, 4.69) is 15.9 Å². The van der Waals surface area contributed by atoms with E-state index in [1.165, 1.54) is 0 Å². The van der Waals surface area contributed by atoms with Crippen molar-refractivity contribution >= 4 is 21.7 Å². The summed E-state index contributed by atoms with van der Waals surface area (Å²) in [6.07, 6.45) is 0. The molecule has 21 heavy (non-hydrogen) atoms. The zero-order valence-corrected chi connectivity index (χ0v) is 14.6. The molecule has 0 N–H and O–H groups in total. The Morgan fingerprint density at radius 1 is 0.905 bits per heavy atom. The molecule has 0 atom stereocenters. The summed E-state index contributed by atoms with van der Waals surface area (Å²) >= 11 is 3.54. The molecule has 0 saturated heterocycles. The topological polar surface area (TPSA) is 26.3 Å². The van der Waals surface area contributed by atoms with Gasteiger partial charge in [0.15, 0.2) is 5.78 Å². The fourth-order valence-corrected chi connectivity index (χ4v) is 2.72. The molecule has 0 fully saturated rings. The summed E-state index contributed by atoms with van der Waals surface area (Å²) in [6, 6.07) is 7.68. The molecule has 2 rings (SSSR count). The zero-order chi connectivity index (χ0) is 15.7. The van der Waals surface area contributed by atoms with Crippen LogP contribution < -0.4 is 4.74 Å². The van der Waals surface area contributed by atoms with E-state index in [4.69, 9.17) is 4.74 Å². The number of carbonyl (C=O) groups excluding carboxylic acids is 1. The summed E-state index contributed by atoms with van der Waals surface area (Å²) in [7, 11) is 1.64. The van der Waals surface area contributed by atoms with Crippen LogP contribution in [0.5, 0.6) is 5.75 Å². The van der Waals surface area contributed by atoms with Crippen molar-refractivity contribution in [1.29, 1.82) is 0 Å². The van der Waals surface area contributed by atoms with Gasteiger partial charge >= 0.3 is 0 Å². The molecule has 0 aliphatic heterocycles. The lowest BCUT2D eigenvalue weighted by atomic mass is 9.95. The van der Waals surface area contributed by atoms with E-state index in [1.54, 1.807) is 7.11 Å². The number of halogens is 1. The SMILES string of the molecule is COc1cc(C)c(C(=O)c2cc(C)c(Br)c(C)c2)cc1C. The van der Waals surface area contributed by atoms with Gasteiger partial charge in [-0.25, -0.2) is 0 Å². The molecule has 0 aliphatic rings. The summed E-state index contributed by atoms with van der Waals surface area (Å²) in [5.74, 6) is 0.865. The quantitative estimate of drug-likeness (QED) is 0.737. The highest BCUT2D eigenvalue weighted by Gasteiger charge is 2.16. The fraction of sp³-hybridized carbons (Fsp3) is 0.278. The van der Waals surface area contributed by atoms with Gasteiger partial charge in [-0.2, -0.15) is 0 Å². The summed E-state index contributed by atoms with van der Waals surface area (Å²) < 4.78 is 6.36. The third-order valence-electron chi connectivity index (χ3n) is 3.69. The molecule has 2 aromatic carbocycles. The third-order valence-corrected chi connectivity index (χ3v) is 4.94. The molecule has 0 spiro atoms. The van der Waals surface area contributed by atoms with Crippen molar-refractivity contribution in [3.05, 3.63) is 62.1 Å². The Morgan fingerprint density at radius 2 is 1.48 bits per heavy atom. The first-order valence-electron chi connectivity index (χ1n) is 6.81. The Hall–Kier alpha value is -1.61. The lowest BCUT2D eigenvalue weighted by molar-refractivity contribution is 0.103. The molecule has 0 aromatic heterocycles. The minimum absolute atomic E-state index is 0.0527.